The van der Waals surface area contributed by atoms with Crippen molar-refractivity contribution in [1.82, 2.24) is 4.98 Å². The molecule has 1 aromatic heterocycles. The van der Waals surface area contributed by atoms with E-state index < -0.39 is 0 Å². The molecule has 0 amide bonds. The van der Waals surface area contributed by atoms with Crippen molar-refractivity contribution in [3.05, 3.63) is 30.1 Å². The van der Waals surface area contributed by atoms with E-state index in [0.717, 1.165) is 5.66 Å². The molecule has 2 heteroatoms. The van der Waals surface area contributed by atoms with Gasteiger partial charge >= 0.3 is 0 Å². The molecule has 2 atom stereocenters. The van der Waals surface area contributed by atoms with Gasteiger partial charge in [-0.05, 0) is 37.8 Å². The Morgan fingerprint density at radius 2 is 2.42 bits per heavy atom. The molecule has 0 aromatic carbocycles. The van der Waals surface area contributed by atoms with Gasteiger partial charge in [0.25, 0.3) is 0 Å². The van der Waals surface area contributed by atoms with Gasteiger partial charge in [-0.25, -0.2) is 0 Å². The summed E-state index contributed by atoms with van der Waals surface area (Å²) in [6, 6.07) is 6.27. The van der Waals surface area contributed by atoms with Gasteiger partial charge in [0.05, 0.1) is 0 Å². The van der Waals surface area contributed by atoms with Crippen LogP contribution in [0.1, 0.15) is 24.2 Å². The normalized spacial score (nSPS) is 29.1. The van der Waals surface area contributed by atoms with E-state index in [-0.39, 0.29) is 7.92 Å². The number of aromatic nitrogens is 1. The summed E-state index contributed by atoms with van der Waals surface area (Å²) in [6.45, 7) is 2.40. The van der Waals surface area contributed by atoms with E-state index in [2.05, 4.69) is 23.8 Å². The van der Waals surface area contributed by atoms with Crippen molar-refractivity contribution < 1.29 is 0 Å². The van der Waals surface area contributed by atoms with Crippen LogP contribution >= 0.6 is 7.92 Å². The van der Waals surface area contributed by atoms with Crippen LogP contribution < -0.4 is 0 Å². The van der Waals surface area contributed by atoms with Gasteiger partial charge in [0, 0.05) is 17.5 Å². The predicted octanol–water partition coefficient (Wildman–Crippen LogP) is 3.03. The second-order valence-corrected chi connectivity index (χ2v) is 5.98. The molecule has 12 heavy (non-hydrogen) atoms. The first-order valence-corrected chi connectivity index (χ1v) is 6.53. The summed E-state index contributed by atoms with van der Waals surface area (Å²) in [5.41, 5.74) is 2.12. The molecule has 1 aromatic rings. The molecule has 0 bridgehead atoms. The van der Waals surface area contributed by atoms with Crippen LogP contribution in [0.5, 0.6) is 0 Å². The van der Waals surface area contributed by atoms with Crippen molar-refractivity contribution in [2.45, 2.75) is 18.5 Å². The molecule has 1 aliphatic rings. The molecule has 0 unspecified atom stereocenters. The maximum Gasteiger partial charge on any atom is 0.0477 e. The fourth-order valence-corrected chi connectivity index (χ4v) is 4.08. The summed E-state index contributed by atoms with van der Waals surface area (Å²) in [5, 5.41) is 0. The molecule has 64 valence electrons. The number of rotatable bonds is 1. The first-order chi connectivity index (χ1) is 5.88. The lowest BCUT2D eigenvalue weighted by Gasteiger charge is -2.14. The van der Waals surface area contributed by atoms with E-state index >= 15 is 0 Å². The summed E-state index contributed by atoms with van der Waals surface area (Å²) in [4.78, 5) is 4.43. The second-order valence-electron chi connectivity index (χ2n) is 3.39. The van der Waals surface area contributed by atoms with E-state index in [4.69, 9.17) is 0 Å². The number of nitrogens with zero attached hydrogens (tertiary/aromatic N) is 1. The zero-order valence-corrected chi connectivity index (χ0v) is 8.30. The molecule has 0 N–H and O–H groups in total. The van der Waals surface area contributed by atoms with Gasteiger partial charge in [-0.15, -0.1) is 7.92 Å². The van der Waals surface area contributed by atoms with Gasteiger partial charge in [-0.2, -0.15) is 0 Å². The zero-order chi connectivity index (χ0) is 8.39. The van der Waals surface area contributed by atoms with Gasteiger partial charge in [0.15, 0.2) is 0 Å². The van der Waals surface area contributed by atoms with Crippen LogP contribution in [0.4, 0.5) is 0 Å². The highest BCUT2D eigenvalue weighted by Crippen LogP contribution is 2.55. The second kappa shape index (κ2) is 3.53. The third kappa shape index (κ3) is 1.51. The molecular weight excluding hydrogens is 165 g/mol. The Morgan fingerprint density at radius 1 is 1.50 bits per heavy atom. The molecule has 0 radical (unpaired) electrons. The van der Waals surface area contributed by atoms with Crippen LogP contribution in [0.3, 0.4) is 0 Å². The van der Waals surface area contributed by atoms with Gasteiger partial charge in [-0.3, -0.25) is 4.98 Å². The minimum Gasteiger partial charge on any atom is -0.261 e. The lowest BCUT2D eigenvalue weighted by molar-refractivity contribution is 0.804. The molecule has 0 saturated carbocycles. The van der Waals surface area contributed by atoms with Crippen LogP contribution in [0.2, 0.25) is 0 Å². The van der Waals surface area contributed by atoms with Crippen LogP contribution in [0.25, 0.3) is 0 Å². The van der Waals surface area contributed by atoms with Gasteiger partial charge in [0.1, 0.15) is 0 Å². The van der Waals surface area contributed by atoms with Gasteiger partial charge in [0.2, 0.25) is 0 Å². The molecule has 1 fully saturated rings. The third-order valence-electron chi connectivity index (χ3n) is 2.55. The first-order valence-electron chi connectivity index (χ1n) is 4.49. The smallest absolute Gasteiger partial charge is 0.0477 e. The van der Waals surface area contributed by atoms with E-state index in [1.807, 2.05) is 12.3 Å². The average Bonchev–Trinajstić information content (AvgIpc) is 2.53. The minimum atomic E-state index is 0.233. The van der Waals surface area contributed by atoms with E-state index in [1.54, 1.807) is 0 Å². The van der Waals surface area contributed by atoms with Crippen LogP contribution in [0, 0.1) is 0 Å². The van der Waals surface area contributed by atoms with E-state index in [0.29, 0.717) is 0 Å². The Morgan fingerprint density at radius 3 is 3.00 bits per heavy atom. The Labute approximate surface area is 75.0 Å². The quantitative estimate of drug-likeness (QED) is 0.604. The molecule has 2 rings (SSSR count). The Balaban J connectivity index is 2.19. The van der Waals surface area contributed by atoms with Crippen molar-refractivity contribution in [1.29, 1.82) is 0 Å². The highest BCUT2D eigenvalue weighted by atomic mass is 31.1. The molecule has 1 saturated heterocycles. The summed E-state index contributed by atoms with van der Waals surface area (Å²) in [5.74, 6) is 0. The number of hydrogen-bond acceptors (Lipinski definition) is 1. The first kappa shape index (κ1) is 8.19. The van der Waals surface area contributed by atoms with Crippen molar-refractivity contribution in [3.63, 3.8) is 0 Å². The minimum absolute atomic E-state index is 0.233. The van der Waals surface area contributed by atoms with Crippen LogP contribution in [0.15, 0.2) is 24.4 Å². The van der Waals surface area contributed by atoms with E-state index in [9.17, 15) is 0 Å². The van der Waals surface area contributed by atoms with Crippen molar-refractivity contribution >= 4 is 7.92 Å². The van der Waals surface area contributed by atoms with Gasteiger partial charge < -0.3 is 0 Å². The Hall–Kier alpha value is -0.420. The van der Waals surface area contributed by atoms with Gasteiger partial charge in [-0.1, -0.05) is 6.07 Å². The van der Waals surface area contributed by atoms with Crippen molar-refractivity contribution in [3.8, 4) is 0 Å². The summed E-state index contributed by atoms with van der Waals surface area (Å²) in [7, 11) is 0.233. The van der Waals surface area contributed by atoms with Crippen LogP contribution in [-0.2, 0) is 0 Å². The topological polar surface area (TPSA) is 12.9 Å². The monoisotopic (exact) mass is 179 g/mol. The third-order valence-corrected chi connectivity index (χ3v) is 5.16. The fourth-order valence-electron chi connectivity index (χ4n) is 1.86. The van der Waals surface area contributed by atoms with E-state index in [1.165, 1.54) is 24.7 Å². The lowest BCUT2D eigenvalue weighted by Crippen LogP contribution is -1.93. The number of pyridine rings is 1. The lowest BCUT2D eigenvalue weighted by atomic mass is 10.2. The zero-order valence-electron chi connectivity index (χ0n) is 7.40. The standard InChI is InChI=1S/C10H14NP/c1-12-8-4-6-10(12)9-5-2-3-7-11-9/h2-3,5,7,10H,4,6,8H2,1H3/t10-,12-/m1/s1. The molecular formula is C10H14NP. The highest BCUT2D eigenvalue weighted by Gasteiger charge is 2.24. The predicted molar refractivity (Wildman–Crippen MR) is 53.9 cm³/mol. The molecule has 2 heterocycles. The molecule has 0 spiro atoms. The molecule has 0 aliphatic carbocycles. The summed E-state index contributed by atoms with van der Waals surface area (Å²) < 4.78 is 0. The highest BCUT2D eigenvalue weighted by molar-refractivity contribution is 7.57. The maximum atomic E-state index is 4.43. The van der Waals surface area contributed by atoms with Crippen molar-refractivity contribution in [2.24, 2.45) is 0 Å². The van der Waals surface area contributed by atoms with Crippen LogP contribution in [-0.4, -0.2) is 17.8 Å². The summed E-state index contributed by atoms with van der Waals surface area (Å²) in [6.07, 6.45) is 6.12. The fraction of sp³-hybridized carbons (Fsp3) is 0.500. The largest absolute Gasteiger partial charge is 0.261 e. The molecule has 1 aliphatic heterocycles. The SMILES string of the molecule is C[P@]1CCC[C@@H]1c1ccccn1. The van der Waals surface area contributed by atoms with Crippen molar-refractivity contribution in [2.75, 3.05) is 12.8 Å². The Kier molecular flexibility index (Phi) is 2.41. The maximum absolute atomic E-state index is 4.43. The summed E-state index contributed by atoms with van der Waals surface area (Å²) >= 11 is 0. The Bertz CT molecular complexity index is 247. The number of hydrogen-bond donors (Lipinski definition) is 0. The molecule has 1 nitrogen and oxygen atoms in total. The average molecular weight is 179 g/mol.